The molecule has 7 nitrogen and oxygen atoms in total. The molecule has 1 aliphatic heterocycles. The van der Waals surface area contributed by atoms with Crippen molar-refractivity contribution in [3.05, 3.63) is 23.8 Å². The molecule has 0 unspecified atom stereocenters. The van der Waals surface area contributed by atoms with Gasteiger partial charge in [-0.3, -0.25) is 0 Å². The number of ether oxygens (including phenoxy) is 2. The van der Waals surface area contributed by atoms with Crippen LogP contribution in [0.25, 0.3) is 0 Å². The summed E-state index contributed by atoms with van der Waals surface area (Å²) in [5, 5.41) is 14.2. The predicted octanol–water partition coefficient (Wildman–Crippen LogP) is 1.71. The Morgan fingerprint density at radius 2 is 2.00 bits per heavy atom. The number of benzene rings is 1. The van der Waals surface area contributed by atoms with Crippen LogP contribution in [0.1, 0.15) is 25.8 Å². The molecule has 3 N–H and O–H groups in total. The summed E-state index contributed by atoms with van der Waals surface area (Å²) in [6.07, 6.45) is 0.382. The lowest BCUT2D eigenvalue weighted by molar-refractivity contribution is -0.139. The molecule has 0 radical (unpaired) electrons. The van der Waals surface area contributed by atoms with Gasteiger partial charge in [-0.1, -0.05) is 19.9 Å². The van der Waals surface area contributed by atoms with E-state index < -0.39 is 18.0 Å². The van der Waals surface area contributed by atoms with E-state index in [1.807, 2.05) is 19.9 Å². The van der Waals surface area contributed by atoms with Crippen molar-refractivity contribution in [3.63, 3.8) is 0 Å². The normalized spacial score (nSPS) is 13.8. The average Bonchev–Trinajstić information content (AvgIpc) is 2.91. The third-order valence-corrected chi connectivity index (χ3v) is 3.20. The molecule has 2 rings (SSSR count). The first-order valence-electron chi connectivity index (χ1n) is 7.11. The molecule has 0 fully saturated rings. The zero-order chi connectivity index (χ0) is 16.1. The first kappa shape index (κ1) is 15.9. The van der Waals surface area contributed by atoms with E-state index >= 15 is 0 Å². The number of carboxylic acid groups (broad SMARTS) is 1. The summed E-state index contributed by atoms with van der Waals surface area (Å²) < 4.78 is 10.5. The van der Waals surface area contributed by atoms with E-state index in [0.29, 0.717) is 17.9 Å². The Morgan fingerprint density at radius 3 is 2.68 bits per heavy atom. The minimum atomic E-state index is -1.04. The van der Waals surface area contributed by atoms with Crippen molar-refractivity contribution in [3.8, 4) is 11.5 Å². The van der Waals surface area contributed by atoms with Crippen molar-refractivity contribution < 1.29 is 24.2 Å². The summed E-state index contributed by atoms with van der Waals surface area (Å²) in [7, 11) is 0. The van der Waals surface area contributed by atoms with E-state index in [9.17, 15) is 9.59 Å². The van der Waals surface area contributed by atoms with Crippen LogP contribution in [-0.2, 0) is 11.3 Å². The Hall–Kier alpha value is -2.44. The van der Waals surface area contributed by atoms with Crippen molar-refractivity contribution in [1.82, 2.24) is 10.6 Å². The molecule has 1 heterocycles. The van der Waals surface area contributed by atoms with Crippen LogP contribution in [0, 0.1) is 5.92 Å². The van der Waals surface area contributed by atoms with Gasteiger partial charge in [0.15, 0.2) is 11.5 Å². The molecule has 1 aliphatic rings. The first-order chi connectivity index (χ1) is 10.5. The number of carboxylic acids is 1. The van der Waals surface area contributed by atoms with Gasteiger partial charge < -0.3 is 25.2 Å². The summed E-state index contributed by atoms with van der Waals surface area (Å²) in [6, 6.07) is 3.97. The van der Waals surface area contributed by atoms with Crippen LogP contribution in [0.15, 0.2) is 18.2 Å². The SMILES string of the molecule is CC(C)C[C@H](NC(=O)NCc1ccc2c(c1)OCO2)C(=O)O. The predicted molar refractivity (Wildman–Crippen MR) is 78.8 cm³/mol. The molecule has 7 heteroatoms. The molecule has 0 spiro atoms. The number of hydrogen-bond acceptors (Lipinski definition) is 4. The number of fused-ring (bicyclic) bond motifs is 1. The highest BCUT2D eigenvalue weighted by Crippen LogP contribution is 2.32. The Labute approximate surface area is 128 Å². The minimum absolute atomic E-state index is 0.176. The summed E-state index contributed by atoms with van der Waals surface area (Å²) in [5.41, 5.74) is 0.843. The molecule has 1 atom stereocenters. The lowest BCUT2D eigenvalue weighted by Gasteiger charge is -2.17. The number of nitrogens with one attached hydrogen (secondary N) is 2. The first-order valence-corrected chi connectivity index (χ1v) is 7.11. The van der Waals surface area contributed by atoms with E-state index in [1.165, 1.54) is 0 Å². The van der Waals surface area contributed by atoms with Gasteiger partial charge in [-0.15, -0.1) is 0 Å². The number of carbonyl (C=O) groups excluding carboxylic acids is 1. The van der Waals surface area contributed by atoms with E-state index in [-0.39, 0.29) is 19.3 Å². The van der Waals surface area contributed by atoms with Gasteiger partial charge in [0.05, 0.1) is 0 Å². The molecule has 0 aromatic heterocycles. The largest absolute Gasteiger partial charge is 0.480 e. The minimum Gasteiger partial charge on any atom is -0.480 e. The van der Waals surface area contributed by atoms with Gasteiger partial charge in [-0.2, -0.15) is 0 Å². The zero-order valence-electron chi connectivity index (χ0n) is 12.6. The van der Waals surface area contributed by atoms with Gasteiger partial charge in [0.25, 0.3) is 0 Å². The lowest BCUT2D eigenvalue weighted by Crippen LogP contribution is -2.46. The second-order valence-corrected chi connectivity index (χ2v) is 5.54. The maximum absolute atomic E-state index is 11.8. The Morgan fingerprint density at radius 1 is 1.27 bits per heavy atom. The Balaban J connectivity index is 1.85. The smallest absolute Gasteiger partial charge is 0.326 e. The number of urea groups is 1. The number of carbonyl (C=O) groups is 2. The van der Waals surface area contributed by atoms with Crippen molar-refractivity contribution in [2.75, 3.05) is 6.79 Å². The van der Waals surface area contributed by atoms with Gasteiger partial charge in [0.2, 0.25) is 6.79 Å². The third-order valence-electron chi connectivity index (χ3n) is 3.20. The number of aliphatic carboxylic acids is 1. The highest BCUT2D eigenvalue weighted by Gasteiger charge is 2.21. The standard InChI is InChI=1S/C15H20N2O5/c1-9(2)5-11(14(18)19)17-15(20)16-7-10-3-4-12-13(6-10)22-8-21-12/h3-4,6,9,11H,5,7-8H2,1-2H3,(H,18,19)(H2,16,17,20)/t11-/m0/s1. The maximum atomic E-state index is 11.8. The highest BCUT2D eigenvalue weighted by atomic mass is 16.7. The lowest BCUT2D eigenvalue weighted by atomic mass is 10.0. The van der Waals surface area contributed by atoms with Crippen LogP contribution in [0.3, 0.4) is 0 Å². The van der Waals surface area contributed by atoms with Crippen molar-refractivity contribution in [1.29, 1.82) is 0 Å². The second-order valence-electron chi connectivity index (χ2n) is 5.54. The van der Waals surface area contributed by atoms with Crippen LogP contribution in [0.4, 0.5) is 4.79 Å². The quantitative estimate of drug-likeness (QED) is 0.743. The van der Waals surface area contributed by atoms with Gasteiger partial charge in [0.1, 0.15) is 6.04 Å². The molecule has 120 valence electrons. The number of hydrogen-bond donors (Lipinski definition) is 3. The van der Waals surface area contributed by atoms with E-state index in [2.05, 4.69) is 10.6 Å². The molecule has 0 saturated heterocycles. The van der Waals surface area contributed by atoms with Crippen LogP contribution in [0.2, 0.25) is 0 Å². The fourth-order valence-electron chi connectivity index (χ4n) is 2.14. The Bertz CT molecular complexity index is 559. The van der Waals surface area contributed by atoms with Crippen LogP contribution < -0.4 is 20.1 Å². The number of rotatable bonds is 6. The van der Waals surface area contributed by atoms with Crippen LogP contribution in [0.5, 0.6) is 11.5 Å². The average molecular weight is 308 g/mol. The van der Waals surface area contributed by atoms with E-state index in [1.54, 1.807) is 12.1 Å². The van der Waals surface area contributed by atoms with Gasteiger partial charge in [0, 0.05) is 6.54 Å². The summed E-state index contributed by atoms with van der Waals surface area (Å²) in [5.74, 6) is 0.459. The van der Waals surface area contributed by atoms with Crippen molar-refractivity contribution >= 4 is 12.0 Å². The van der Waals surface area contributed by atoms with Gasteiger partial charge in [-0.05, 0) is 30.0 Å². The summed E-state index contributed by atoms with van der Waals surface area (Å²) in [6.45, 7) is 4.28. The summed E-state index contributed by atoms with van der Waals surface area (Å²) in [4.78, 5) is 22.9. The Kier molecular flexibility index (Phi) is 5.08. The topological polar surface area (TPSA) is 96.9 Å². The third kappa shape index (κ3) is 4.28. The molecule has 22 heavy (non-hydrogen) atoms. The molecule has 0 bridgehead atoms. The second kappa shape index (κ2) is 7.02. The molecule has 1 aromatic rings. The molecule has 2 amide bonds. The highest BCUT2D eigenvalue weighted by molar-refractivity contribution is 5.82. The van der Waals surface area contributed by atoms with Crippen LogP contribution in [-0.4, -0.2) is 29.9 Å². The van der Waals surface area contributed by atoms with E-state index in [0.717, 1.165) is 5.56 Å². The molecule has 1 aromatic carbocycles. The summed E-state index contributed by atoms with van der Waals surface area (Å²) >= 11 is 0. The monoisotopic (exact) mass is 308 g/mol. The maximum Gasteiger partial charge on any atom is 0.326 e. The molecular weight excluding hydrogens is 288 g/mol. The fourth-order valence-corrected chi connectivity index (χ4v) is 2.14. The van der Waals surface area contributed by atoms with Gasteiger partial charge >= 0.3 is 12.0 Å². The van der Waals surface area contributed by atoms with Crippen molar-refractivity contribution in [2.45, 2.75) is 32.9 Å². The number of amides is 2. The molecule has 0 saturated carbocycles. The van der Waals surface area contributed by atoms with Crippen LogP contribution >= 0.6 is 0 Å². The zero-order valence-corrected chi connectivity index (χ0v) is 12.6. The van der Waals surface area contributed by atoms with Gasteiger partial charge in [-0.25, -0.2) is 9.59 Å². The van der Waals surface area contributed by atoms with E-state index in [4.69, 9.17) is 14.6 Å². The fraction of sp³-hybridized carbons (Fsp3) is 0.467. The molecular formula is C15H20N2O5. The molecule has 0 aliphatic carbocycles. The van der Waals surface area contributed by atoms with Crippen molar-refractivity contribution in [2.24, 2.45) is 5.92 Å².